The summed E-state index contributed by atoms with van der Waals surface area (Å²) in [4.78, 5) is 22.0. The van der Waals surface area contributed by atoms with E-state index in [0.717, 1.165) is 24.3 Å². The number of nitrogens with zero attached hydrogens (tertiary/aromatic N) is 1. The maximum Gasteiger partial charge on any atom is 0.270 e. The lowest BCUT2D eigenvalue weighted by atomic mass is 10.1. The minimum Gasteiger partial charge on any atom is -0.322 e. The molecule has 0 aliphatic heterocycles. The summed E-state index contributed by atoms with van der Waals surface area (Å²) >= 11 is 0. The molecule has 2 rings (SSSR count). The number of amides is 1. The average Bonchev–Trinajstić information content (AvgIpc) is 2.43. The van der Waals surface area contributed by atoms with Crippen molar-refractivity contribution in [2.45, 2.75) is 6.92 Å². The molecule has 0 aromatic heterocycles. The number of aryl methyl sites for hydroxylation is 1. The third kappa shape index (κ3) is 3.19. The van der Waals surface area contributed by atoms with Crippen LogP contribution in [0.3, 0.4) is 0 Å². The van der Waals surface area contributed by atoms with Crippen molar-refractivity contribution >= 4 is 17.3 Å². The summed E-state index contributed by atoms with van der Waals surface area (Å²) < 4.78 is 26.7. The van der Waals surface area contributed by atoms with E-state index in [1.165, 1.54) is 19.1 Å². The molecule has 7 heteroatoms. The van der Waals surface area contributed by atoms with E-state index in [9.17, 15) is 23.7 Å². The highest BCUT2D eigenvalue weighted by Crippen LogP contribution is 2.22. The Hall–Kier alpha value is -2.83. The molecule has 0 heterocycles. The number of carbonyl (C=O) groups is 1. The summed E-state index contributed by atoms with van der Waals surface area (Å²) in [6, 6.07) is 6.77. The number of rotatable bonds is 3. The van der Waals surface area contributed by atoms with Gasteiger partial charge in [0.2, 0.25) is 0 Å². The second kappa shape index (κ2) is 5.66. The van der Waals surface area contributed by atoms with Gasteiger partial charge in [0, 0.05) is 17.8 Å². The van der Waals surface area contributed by atoms with Gasteiger partial charge in [0.1, 0.15) is 11.6 Å². The zero-order valence-corrected chi connectivity index (χ0v) is 10.9. The highest BCUT2D eigenvalue weighted by molar-refractivity contribution is 6.05. The predicted octanol–water partition coefficient (Wildman–Crippen LogP) is 3.43. The molecular weight excluding hydrogens is 282 g/mol. The van der Waals surface area contributed by atoms with E-state index in [1.807, 2.05) is 0 Å². The van der Waals surface area contributed by atoms with Gasteiger partial charge < -0.3 is 5.32 Å². The fourth-order valence-electron chi connectivity index (χ4n) is 1.75. The fourth-order valence-corrected chi connectivity index (χ4v) is 1.75. The van der Waals surface area contributed by atoms with Crippen molar-refractivity contribution in [2.24, 2.45) is 0 Å². The first kappa shape index (κ1) is 14.6. The number of nitro benzene ring substituents is 1. The van der Waals surface area contributed by atoms with Gasteiger partial charge in [-0.2, -0.15) is 0 Å². The molecule has 0 saturated heterocycles. The average molecular weight is 292 g/mol. The van der Waals surface area contributed by atoms with Gasteiger partial charge in [-0.3, -0.25) is 14.9 Å². The van der Waals surface area contributed by atoms with Crippen LogP contribution in [0.1, 0.15) is 15.9 Å². The number of anilines is 1. The van der Waals surface area contributed by atoms with Crippen molar-refractivity contribution in [3.8, 4) is 0 Å². The van der Waals surface area contributed by atoms with Crippen LogP contribution in [0.15, 0.2) is 36.4 Å². The topological polar surface area (TPSA) is 72.2 Å². The van der Waals surface area contributed by atoms with Crippen molar-refractivity contribution in [2.75, 3.05) is 5.32 Å². The smallest absolute Gasteiger partial charge is 0.270 e. The molecule has 0 spiro atoms. The molecule has 0 atom stereocenters. The molecule has 21 heavy (non-hydrogen) atoms. The maximum absolute atomic E-state index is 13.9. The number of nitro groups is 1. The van der Waals surface area contributed by atoms with Gasteiger partial charge in [-0.25, -0.2) is 8.78 Å². The minimum atomic E-state index is -0.842. The highest BCUT2D eigenvalue weighted by atomic mass is 19.1. The Balaban J connectivity index is 2.34. The molecular formula is C14H10F2N2O3. The van der Waals surface area contributed by atoms with E-state index in [-0.39, 0.29) is 16.9 Å². The van der Waals surface area contributed by atoms with Crippen LogP contribution in [-0.2, 0) is 0 Å². The first-order chi connectivity index (χ1) is 9.88. The highest BCUT2D eigenvalue weighted by Gasteiger charge is 2.19. The van der Waals surface area contributed by atoms with Crippen molar-refractivity contribution in [1.82, 2.24) is 0 Å². The molecule has 2 aromatic carbocycles. The molecule has 0 fully saturated rings. The monoisotopic (exact) mass is 292 g/mol. The van der Waals surface area contributed by atoms with E-state index < -0.39 is 28.0 Å². The molecule has 0 saturated carbocycles. The third-order valence-corrected chi connectivity index (χ3v) is 2.80. The van der Waals surface area contributed by atoms with E-state index in [4.69, 9.17) is 0 Å². The molecule has 0 radical (unpaired) electrons. The lowest BCUT2D eigenvalue weighted by molar-refractivity contribution is -0.385. The molecule has 1 N–H and O–H groups in total. The summed E-state index contributed by atoms with van der Waals surface area (Å²) in [6.07, 6.45) is 0. The summed E-state index contributed by atoms with van der Waals surface area (Å²) in [5, 5.41) is 13.1. The van der Waals surface area contributed by atoms with Crippen molar-refractivity contribution in [3.63, 3.8) is 0 Å². The first-order valence-electron chi connectivity index (χ1n) is 5.90. The van der Waals surface area contributed by atoms with Gasteiger partial charge in [0.25, 0.3) is 11.6 Å². The normalized spacial score (nSPS) is 10.2. The van der Waals surface area contributed by atoms with Crippen LogP contribution >= 0.6 is 0 Å². The van der Waals surface area contributed by atoms with Crippen LogP contribution in [0.25, 0.3) is 0 Å². The Labute approximate surface area is 118 Å². The molecule has 0 aliphatic rings. The Morgan fingerprint density at radius 2 is 1.81 bits per heavy atom. The van der Waals surface area contributed by atoms with E-state index in [2.05, 4.69) is 5.32 Å². The predicted molar refractivity (Wildman–Crippen MR) is 72.1 cm³/mol. The van der Waals surface area contributed by atoms with Crippen LogP contribution in [-0.4, -0.2) is 10.8 Å². The van der Waals surface area contributed by atoms with Crippen LogP contribution in [0.2, 0.25) is 0 Å². The Morgan fingerprint density at radius 3 is 2.38 bits per heavy atom. The van der Waals surface area contributed by atoms with Crippen LogP contribution < -0.4 is 5.32 Å². The second-order valence-electron chi connectivity index (χ2n) is 4.34. The van der Waals surface area contributed by atoms with Crippen LogP contribution in [0.5, 0.6) is 0 Å². The Bertz CT molecular complexity index is 715. The molecule has 0 unspecified atom stereocenters. The SMILES string of the molecule is Cc1cc([N+](=O)[O-])cc(C(=O)Nc2ccc(F)cc2)c1F. The number of nitrogens with one attached hydrogen (secondary N) is 1. The van der Waals surface area contributed by atoms with Crippen molar-refractivity contribution < 1.29 is 18.5 Å². The van der Waals surface area contributed by atoms with E-state index >= 15 is 0 Å². The molecule has 2 aromatic rings. The maximum atomic E-state index is 13.9. The molecule has 108 valence electrons. The van der Waals surface area contributed by atoms with E-state index in [0.29, 0.717) is 0 Å². The van der Waals surface area contributed by atoms with Crippen LogP contribution in [0, 0.1) is 28.7 Å². The van der Waals surface area contributed by atoms with Gasteiger partial charge >= 0.3 is 0 Å². The van der Waals surface area contributed by atoms with Gasteiger partial charge in [0.15, 0.2) is 0 Å². The fraction of sp³-hybridized carbons (Fsp3) is 0.0714. The summed E-state index contributed by atoms with van der Waals surface area (Å²) in [5.74, 6) is -2.16. The second-order valence-corrected chi connectivity index (χ2v) is 4.34. The Kier molecular flexibility index (Phi) is 3.93. The zero-order valence-electron chi connectivity index (χ0n) is 10.9. The number of hydrogen-bond acceptors (Lipinski definition) is 3. The number of hydrogen-bond donors (Lipinski definition) is 1. The van der Waals surface area contributed by atoms with Crippen molar-refractivity contribution in [3.05, 3.63) is 69.3 Å². The first-order valence-corrected chi connectivity index (χ1v) is 5.90. The quantitative estimate of drug-likeness (QED) is 0.695. The molecule has 0 bridgehead atoms. The van der Waals surface area contributed by atoms with E-state index in [1.54, 1.807) is 0 Å². The molecule has 1 amide bonds. The lowest BCUT2D eigenvalue weighted by Gasteiger charge is -2.07. The third-order valence-electron chi connectivity index (χ3n) is 2.80. The standard InChI is InChI=1S/C14H10F2N2O3/c1-8-6-11(18(20)21)7-12(13(8)16)14(19)17-10-4-2-9(15)3-5-10/h2-7H,1H3,(H,17,19). The molecule has 0 aliphatic carbocycles. The van der Waals surface area contributed by atoms with Gasteiger partial charge in [-0.05, 0) is 36.8 Å². The minimum absolute atomic E-state index is 0.00606. The number of halogens is 2. The largest absolute Gasteiger partial charge is 0.322 e. The van der Waals surface area contributed by atoms with Gasteiger partial charge in [-0.15, -0.1) is 0 Å². The Morgan fingerprint density at radius 1 is 1.19 bits per heavy atom. The van der Waals surface area contributed by atoms with Crippen LogP contribution in [0.4, 0.5) is 20.2 Å². The number of carbonyl (C=O) groups excluding carboxylic acids is 1. The zero-order chi connectivity index (χ0) is 15.6. The number of non-ortho nitro benzene ring substituents is 1. The summed E-state index contributed by atoms with van der Waals surface area (Å²) in [5.41, 5.74) is -0.567. The summed E-state index contributed by atoms with van der Waals surface area (Å²) in [7, 11) is 0. The van der Waals surface area contributed by atoms with Gasteiger partial charge in [-0.1, -0.05) is 0 Å². The van der Waals surface area contributed by atoms with Gasteiger partial charge in [0.05, 0.1) is 10.5 Å². The summed E-state index contributed by atoms with van der Waals surface area (Å²) in [6.45, 7) is 1.33. The molecule has 5 nitrogen and oxygen atoms in total. The number of benzene rings is 2. The van der Waals surface area contributed by atoms with Crippen molar-refractivity contribution in [1.29, 1.82) is 0 Å². The lowest BCUT2D eigenvalue weighted by Crippen LogP contribution is -2.15.